The zero-order valence-electron chi connectivity index (χ0n) is 21.9. The van der Waals surface area contributed by atoms with Crippen LogP contribution in [0.4, 0.5) is 0 Å². The number of ether oxygens (including phenoxy) is 1. The molecule has 0 bridgehead atoms. The van der Waals surface area contributed by atoms with Crippen LogP contribution in [0.25, 0.3) is 66.1 Å². The molecule has 200 valence electrons. The first-order valence-electron chi connectivity index (χ1n) is 13.4. The van der Waals surface area contributed by atoms with E-state index in [0.717, 1.165) is 66.1 Å². The van der Waals surface area contributed by atoms with E-state index in [1.54, 1.807) is 6.20 Å². The zero-order valence-corrected chi connectivity index (χ0v) is 23.5. The van der Waals surface area contributed by atoms with E-state index in [9.17, 15) is 0 Å². The molecule has 5 aromatic heterocycles. The summed E-state index contributed by atoms with van der Waals surface area (Å²) >= 11 is 0. The summed E-state index contributed by atoms with van der Waals surface area (Å²) in [5, 5.41) is 4.06. The second-order valence-corrected chi connectivity index (χ2v) is 9.97. The summed E-state index contributed by atoms with van der Waals surface area (Å²) in [4.78, 5) is 14.3. The molecule has 0 saturated carbocycles. The molecule has 42 heavy (non-hydrogen) atoms. The molecule has 0 fully saturated rings. The van der Waals surface area contributed by atoms with Crippen LogP contribution in [-0.2, 0) is 20.4 Å². The first-order chi connectivity index (χ1) is 20.3. The normalized spacial score (nSPS) is 11.6. The molecular formula is C35H19N5OPd. The van der Waals surface area contributed by atoms with E-state index < -0.39 is 0 Å². The maximum Gasteiger partial charge on any atom is 2.00 e. The third-order valence-electron chi connectivity index (χ3n) is 7.64. The van der Waals surface area contributed by atoms with Crippen molar-refractivity contribution in [1.82, 2.24) is 23.9 Å². The molecule has 0 unspecified atom stereocenters. The Kier molecular flexibility index (Phi) is 5.58. The SMILES string of the molecule is [Pd+2].[c-]1c(Oc2[c-]c3c(cc2)c2ccccc2n3-c2ccccn2)ccc2c1c1ncccc1n1c3ccccc3nc21. The molecule has 4 aromatic carbocycles. The molecule has 0 amide bonds. The molecule has 0 aliphatic carbocycles. The van der Waals surface area contributed by atoms with Crippen molar-refractivity contribution in [3.8, 4) is 17.3 Å². The Hall–Kier alpha value is -5.09. The third kappa shape index (κ3) is 3.58. The van der Waals surface area contributed by atoms with Crippen molar-refractivity contribution in [2.24, 2.45) is 0 Å². The number of pyridine rings is 3. The van der Waals surface area contributed by atoms with E-state index in [0.29, 0.717) is 11.5 Å². The molecule has 0 radical (unpaired) electrons. The number of benzene rings is 4. The smallest absolute Gasteiger partial charge is 0.503 e. The maximum absolute atomic E-state index is 6.40. The first kappa shape index (κ1) is 24.7. The number of imidazole rings is 1. The molecule has 0 aliphatic heterocycles. The fourth-order valence-corrected chi connectivity index (χ4v) is 5.90. The second kappa shape index (κ2) is 9.49. The minimum absolute atomic E-state index is 0. The van der Waals surface area contributed by atoms with Gasteiger partial charge in [0.2, 0.25) is 0 Å². The van der Waals surface area contributed by atoms with Gasteiger partial charge in [-0.25, -0.2) is 9.97 Å². The Bertz CT molecular complexity index is 2460. The molecule has 0 aliphatic rings. The van der Waals surface area contributed by atoms with Crippen molar-refractivity contribution in [1.29, 1.82) is 0 Å². The zero-order chi connectivity index (χ0) is 26.9. The van der Waals surface area contributed by atoms with Crippen molar-refractivity contribution >= 4 is 60.3 Å². The molecule has 0 atom stereocenters. The number of fused-ring (bicyclic) bond motifs is 11. The fourth-order valence-electron chi connectivity index (χ4n) is 5.90. The second-order valence-electron chi connectivity index (χ2n) is 9.97. The largest absolute Gasteiger partial charge is 2.00 e. The van der Waals surface area contributed by atoms with Gasteiger partial charge in [0.25, 0.3) is 0 Å². The summed E-state index contributed by atoms with van der Waals surface area (Å²) in [5.41, 5.74) is 6.66. The summed E-state index contributed by atoms with van der Waals surface area (Å²) in [7, 11) is 0. The Labute approximate surface area is 253 Å². The van der Waals surface area contributed by atoms with Gasteiger partial charge in [-0.1, -0.05) is 59.4 Å². The number of aromatic nitrogens is 5. The van der Waals surface area contributed by atoms with Crippen LogP contribution >= 0.6 is 0 Å². The van der Waals surface area contributed by atoms with Crippen molar-refractivity contribution in [3.63, 3.8) is 0 Å². The predicted molar refractivity (Wildman–Crippen MR) is 162 cm³/mol. The molecule has 0 saturated heterocycles. The number of hydrogen-bond donors (Lipinski definition) is 0. The van der Waals surface area contributed by atoms with E-state index in [1.807, 2.05) is 72.9 Å². The Balaban J connectivity index is 0.00000267. The quantitative estimate of drug-likeness (QED) is 0.112. The van der Waals surface area contributed by atoms with Crippen LogP contribution in [0, 0.1) is 12.1 Å². The van der Waals surface area contributed by atoms with Crippen molar-refractivity contribution in [2.75, 3.05) is 0 Å². The minimum atomic E-state index is 0. The van der Waals surface area contributed by atoms with Gasteiger partial charge in [-0.15, -0.1) is 29.0 Å². The van der Waals surface area contributed by atoms with Gasteiger partial charge in [-0.2, -0.15) is 6.07 Å². The Morgan fingerprint density at radius 3 is 2.21 bits per heavy atom. The predicted octanol–water partition coefficient (Wildman–Crippen LogP) is 8.07. The molecule has 0 spiro atoms. The van der Waals surface area contributed by atoms with Gasteiger partial charge in [0.1, 0.15) is 11.5 Å². The van der Waals surface area contributed by atoms with Crippen LogP contribution in [-0.4, -0.2) is 23.9 Å². The summed E-state index contributed by atoms with van der Waals surface area (Å²) in [6.45, 7) is 0. The Morgan fingerprint density at radius 1 is 0.595 bits per heavy atom. The van der Waals surface area contributed by atoms with E-state index >= 15 is 0 Å². The van der Waals surface area contributed by atoms with Gasteiger partial charge in [0.05, 0.1) is 11.0 Å². The van der Waals surface area contributed by atoms with Crippen molar-refractivity contribution < 1.29 is 25.2 Å². The van der Waals surface area contributed by atoms with Crippen LogP contribution in [0.1, 0.15) is 0 Å². The molecule has 9 aromatic rings. The van der Waals surface area contributed by atoms with Gasteiger partial charge in [-0.3, -0.25) is 0 Å². The molecule has 0 N–H and O–H groups in total. The maximum atomic E-state index is 6.40. The van der Waals surface area contributed by atoms with Crippen molar-refractivity contribution in [3.05, 3.63) is 128 Å². The number of hydrogen-bond acceptors (Lipinski definition) is 4. The first-order valence-corrected chi connectivity index (χ1v) is 13.4. The summed E-state index contributed by atoms with van der Waals surface area (Å²) in [6, 6.07) is 41.5. The van der Waals surface area contributed by atoms with Crippen molar-refractivity contribution in [2.45, 2.75) is 0 Å². The topological polar surface area (TPSA) is 57.2 Å². The van der Waals surface area contributed by atoms with Crippen LogP contribution in [0.15, 0.2) is 116 Å². The minimum Gasteiger partial charge on any atom is -0.503 e. The average molecular weight is 632 g/mol. The van der Waals surface area contributed by atoms with E-state index in [1.165, 1.54) is 0 Å². The number of rotatable bonds is 3. The van der Waals surface area contributed by atoms with Gasteiger partial charge in [-0.05, 0) is 47.9 Å². The fraction of sp³-hybridized carbons (Fsp3) is 0. The van der Waals surface area contributed by atoms with Gasteiger partial charge in [0, 0.05) is 40.4 Å². The summed E-state index contributed by atoms with van der Waals surface area (Å²) in [5.74, 6) is 2.01. The molecule has 6 nitrogen and oxygen atoms in total. The third-order valence-corrected chi connectivity index (χ3v) is 7.64. The van der Waals surface area contributed by atoms with E-state index in [4.69, 9.17) is 14.7 Å². The van der Waals surface area contributed by atoms with Crippen LogP contribution in [0.3, 0.4) is 0 Å². The van der Waals surface area contributed by atoms with Crippen LogP contribution in [0.5, 0.6) is 11.5 Å². The van der Waals surface area contributed by atoms with Crippen LogP contribution < -0.4 is 4.74 Å². The van der Waals surface area contributed by atoms with E-state index in [-0.39, 0.29) is 20.4 Å². The van der Waals surface area contributed by atoms with Crippen LogP contribution in [0.2, 0.25) is 0 Å². The molecule has 5 heterocycles. The molecule has 7 heteroatoms. The number of nitrogens with zero attached hydrogens (tertiary/aromatic N) is 5. The van der Waals surface area contributed by atoms with Gasteiger partial charge < -0.3 is 18.7 Å². The number of para-hydroxylation sites is 3. The Morgan fingerprint density at radius 2 is 1.33 bits per heavy atom. The summed E-state index contributed by atoms with van der Waals surface area (Å²) < 4.78 is 10.7. The molecular weight excluding hydrogens is 613 g/mol. The van der Waals surface area contributed by atoms with Gasteiger partial charge in [0.15, 0.2) is 0 Å². The standard InChI is InChI=1S/C35H19N5O.Pd/c1-3-10-29-24(8-1)25-16-14-23(21-32(25)39(29)33-13-5-6-18-36-33)41-22-15-17-26-27(20-22)34-31(12-7-19-37-34)40-30-11-4-2-9-28(30)38-35(26)40;/h1-19H;/q-2;+2. The molecule has 9 rings (SSSR count). The van der Waals surface area contributed by atoms with E-state index in [2.05, 4.69) is 62.5 Å². The van der Waals surface area contributed by atoms with Gasteiger partial charge >= 0.3 is 20.4 Å². The summed E-state index contributed by atoms with van der Waals surface area (Å²) in [6.07, 6.45) is 3.62. The monoisotopic (exact) mass is 631 g/mol. The average Bonchev–Trinajstić information content (AvgIpc) is 3.58.